The molecule has 0 bridgehead atoms. The smallest absolute Gasteiger partial charge is 0.480 e. The summed E-state index contributed by atoms with van der Waals surface area (Å²) in [6, 6.07) is 8.42. The zero-order chi connectivity index (χ0) is 24.5. The van der Waals surface area contributed by atoms with Crippen LogP contribution in [0.25, 0.3) is 0 Å². The Morgan fingerprint density at radius 1 is 1.15 bits per heavy atom. The fourth-order valence-corrected chi connectivity index (χ4v) is 4.21. The lowest BCUT2D eigenvalue weighted by molar-refractivity contribution is -0.871. The molecule has 1 fully saturated rings. The minimum absolute atomic E-state index is 0.0748. The summed E-state index contributed by atoms with van der Waals surface area (Å²) in [5.41, 5.74) is 0.330. The van der Waals surface area contributed by atoms with E-state index in [1.54, 1.807) is 20.8 Å². The van der Waals surface area contributed by atoms with E-state index in [0.717, 1.165) is 23.5 Å². The van der Waals surface area contributed by atoms with E-state index >= 15 is 0 Å². The van der Waals surface area contributed by atoms with E-state index in [-0.39, 0.29) is 24.1 Å². The van der Waals surface area contributed by atoms with Gasteiger partial charge in [-0.15, -0.1) is 0 Å². The van der Waals surface area contributed by atoms with Crippen molar-refractivity contribution in [1.29, 1.82) is 0 Å². The quantitative estimate of drug-likeness (QED) is 0.376. The summed E-state index contributed by atoms with van der Waals surface area (Å²) in [7, 11) is 0. The summed E-state index contributed by atoms with van der Waals surface area (Å²) in [4.78, 5) is 44.1. The number of likely N-dealkylation sites (tertiary alicyclic amines) is 1. The fraction of sp³-hybridized carbons (Fsp3) is 0.625. The molecule has 1 N–H and O–H groups in total. The summed E-state index contributed by atoms with van der Waals surface area (Å²) in [6.07, 6.45) is 3.97. The second kappa shape index (κ2) is 12.4. The fourth-order valence-electron chi connectivity index (χ4n) is 3.75. The van der Waals surface area contributed by atoms with Crippen LogP contribution in [0.1, 0.15) is 52.0 Å². The Bertz CT molecular complexity index is 790. The highest BCUT2D eigenvalue weighted by Gasteiger charge is 2.45. The van der Waals surface area contributed by atoms with Crippen molar-refractivity contribution in [3.05, 3.63) is 35.9 Å². The zero-order valence-corrected chi connectivity index (χ0v) is 20.9. The first-order chi connectivity index (χ1) is 15.6. The molecule has 184 valence electrons. The summed E-state index contributed by atoms with van der Waals surface area (Å²) < 4.78 is 5.55. The lowest BCUT2D eigenvalue weighted by atomic mass is 10.1. The van der Waals surface area contributed by atoms with Crippen molar-refractivity contribution < 1.29 is 33.5 Å². The molecule has 0 aromatic heterocycles. The van der Waals surface area contributed by atoms with Crippen molar-refractivity contribution in [2.75, 3.05) is 31.8 Å². The van der Waals surface area contributed by atoms with Crippen LogP contribution in [0.2, 0.25) is 0 Å². The molecule has 1 aliphatic rings. The van der Waals surface area contributed by atoms with Crippen molar-refractivity contribution >= 4 is 29.7 Å². The number of hydroxylamine groups is 2. The van der Waals surface area contributed by atoms with Crippen LogP contribution in [0.4, 0.5) is 4.79 Å². The number of thioether (sulfide) groups is 1. The Kier molecular flexibility index (Phi) is 10.2. The molecule has 33 heavy (non-hydrogen) atoms. The SMILES string of the molecule is CSCC[C@@H](C(=O)O)N(OC[N+]1(C(=O)OC(C)(C)C)CCCC1)C(=O)CCc1ccccc1. The number of carboxylic acids is 1. The van der Waals surface area contributed by atoms with Gasteiger partial charge in [-0.2, -0.15) is 21.0 Å². The van der Waals surface area contributed by atoms with E-state index in [1.807, 2.05) is 36.6 Å². The normalized spacial score (nSPS) is 16.2. The van der Waals surface area contributed by atoms with Gasteiger partial charge in [0.1, 0.15) is 5.60 Å². The number of carbonyl (C=O) groups excluding carboxylic acids is 2. The number of nitrogens with zero attached hydrogens (tertiary/aromatic N) is 2. The molecule has 0 aliphatic carbocycles. The standard InChI is InChI=1S/C24H36N2O6S/c1-24(2,3)32-23(30)26(15-8-9-16-26)18-31-25(20(22(28)29)14-17-33-4)21(27)13-12-19-10-6-5-7-11-19/h5-7,10-11,20H,8-9,12-18H2,1-4H3/p+1/t20-/m0/s1. The van der Waals surface area contributed by atoms with Crippen LogP contribution in [-0.4, -0.2) is 76.1 Å². The molecule has 1 atom stereocenters. The maximum Gasteiger partial charge on any atom is 0.518 e. The van der Waals surface area contributed by atoms with Gasteiger partial charge in [-0.05, 0) is 51.2 Å². The Hall–Kier alpha value is -2.10. The van der Waals surface area contributed by atoms with E-state index in [4.69, 9.17) is 9.57 Å². The lowest BCUT2D eigenvalue weighted by Gasteiger charge is -2.35. The van der Waals surface area contributed by atoms with Gasteiger partial charge in [-0.3, -0.25) is 4.79 Å². The number of rotatable bonds is 11. The Balaban J connectivity index is 2.19. The third-order valence-corrected chi connectivity index (χ3v) is 6.17. The van der Waals surface area contributed by atoms with Crippen LogP contribution >= 0.6 is 11.8 Å². The molecule has 2 rings (SSSR count). The minimum atomic E-state index is -1.12. The van der Waals surface area contributed by atoms with E-state index in [2.05, 4.69) is 0 Å². The maximum atomic E-state index is 13.1. The van der Waals surface area contributed by atoms with Crippen LogP contribution in [-0.2, 0) is 25.6 Å². The van der Waals surface area contributed by atoms with Crippen molar-refractivity contribution in [3.63, 3.8) is 0 Å². The molecule has 0 radical (unpaired) electrons. The Morgan fingerprint density at radius 2 is 1.79 bits per heavy atom. The van der Waals surface area contributed by atoms with Crippen LogP contribution in [0.3, 0.4) is 0 Å². The highest BCUT2D eigenvalue weighted by atomic mass is 32.2. The number of aryl methyl sites for hydroxylation is 1. The van der Waals surface area contributed by atoms with Crippen molar-refractivity contribution in [2.24, 2.45) is 0 Å². The van der Waals surface area contributed by atoms with Gasteiger partial charge in [0.15, 0.2) is 6.04 Å². The maximum absolute atomic E-state index is 13.1. The summed E-state index contributed by atoms with van der Waals surface area (Å²) in [5, 5.41) is 10.8. The van der Waals surface area contributed by atoms with Gasteiger partial charge >= 0.3 is 12.1 Å². The number of benzene rings is 1. The highest BCUT2D eigenvalue weighted by molar-refractivity contribution is 7.98. The topological polar surface area (TPSA) is 93.1 Å². The van der Waals surface area contributed by atoms with E-state index in [0.29, 0.717) is 25.3 Å². The molecular weight excluding hydrogens is 444 g/mol. The van der Waals surface area contributed by atoms with Crippen LogP contribution in [0.15, 0.2) is 30.3 Å². The second-order valence-corrected chi connectivity index (χ2v) is 10.4. The van der Waals surface area contributed by atoms with Crippen LogP contribution in [0, 0.1) is 0 Å². The van der Waals surface area contributed by atoms with Crippen molar-refractivity contribution in [2.45, 2.75) is 64.5 Å². The van der Waals surface area contributed by atoms with Crippen LogP contribution < -0.4 is 0 Å². The van der Waals surface area contributed by atoms with Crippen molar-refractivity contribution in [3.8, 4) is 0 Å². The number of quaternary nitrogens is 1. The molecule has 1 aromatic rings. The van der Waals surface area contributed by atoms with Gasteiger partial charge in [-0.25, -0.2) is 14.7 Å². The molecule has 0 saturated carbocycles. The predicted octanol–water partition coefficient (Wildman–Crippen LogP) is 4.09. The Morgan fingerprint density at radius 3 is 2.33 bits per heavy atom. The number of ether oxygens (including phenoxy) is 1. The number of carboxylic acid groups (broad SMARTS) is 1. The average molecular weight is 482 g/mol. The summed E-state index contributed by atoms with van der Waals surface area (Å²) in [5.74, 6) is -0.967. The molecule has 1 saturated heterocycles. The molecule has 1 aliphatic heterocycles. The predicted molar refractivity (Wildman–Crippen MR) is 127 cm³/mol. The number of amides is 2. The first-order valence-electron chi connectivity index (χ1n) is 11.4. The highest BCUT2D eigenvalue weighted by Crippen LogP contribution is 2.25. The lowest BCUT2D eigenvalue weighted by Crippen LogP contribution is -2.56. The van der Waals surface area contributed by atoms with Crippen molar-refractivity contribution in [1.82, 2.24) is 5.06 Å². The third kappa shape index (κ3) is 8.32. The molecular formula is C24H37N2O6S+. The Labute approximate surface area is 200 Å². The minimum Gasteiger partial charge on any atom is -0.480 e. The van der Waals surface area contributed by atoms with Gasteiger partial charge in [0, 0.05) is 19.3 Å². The monoisotopic (exact) mass is 481 g/mol. The van der Waals surface area contributed by atoms with Gasteiger partial charge in [-0.1, -0.05) is 30.3 Å². The summed E-state index contributed by atoms with van der Waals surface area (Å²) in [6.45, 7) is 6.35. The van der Waals surface area contributed by atoms with Gasteiger partial charge in [0.05, 0.1) is 13.1 Å². The van der Waals surface area contributed by atoms with Gasteiger partial charge in [0.2, 0.25) is 12.6 Å². The van der Waals surface area contributed by atoms with Gasteiger partial charge < -0.3 is 9.84 Å². The molecule has 9 heteroatoms. The summed E-state index contributed by atoms with van der Waals surface area (Å²) >= 11 is 1.51. The average Bonchev–Trinajstić information content (AvgIpc) is 3.24. The third-order valence-electron chi connectivity index (χ3n) is 5.53. The number of hydrogen-bond acceptors (Lipinski definition) is 6. The molecule has 8 nitrogen and oxygen atoms in total. The van der Waals surface area contributed by atoms with E-state index < -0.39 is 29.6 Å². The molecule has 2 amide bonds. The number of hydrogen-bond donors (Lipinski definition) is 1. The first-order valence-corrected chi connectivity index (χ1v) is 12.8. The number of carbonyl (C=O) groups is 3. The van der Waals surface area contributed by atoms with E-state index in [1.165, 1.54) is 11.8 Å². The molecule has 1 heterocycles. The van der Waals surface area contributed by atoms with Crippen LogP contribution in [0.5, 0.6) is 0 Å². The second-order valence-electron chi connectivity index (χ2n) is 9.38. The molecule has 0 spiro atoms. The number of aliphatic carboxylic acids is 1. The first kappa shape index (κ1) is 27.1. The van der Waals surface area contributed by atoms with E-state index in [9.17, 15) is 19.5 Å². The molecule has 1 aromatic carbocycles. The largest absolute Gasteiger partial charge is 0.518 e. The molecule has 0 unspecified atom stereocenters. The zero-order valence-electron chi connectivity index (χ0n) is 20.1. The van der Waals surface area contributed by atoms with Gasteiger partial charge in [0.25, 0.3) is 0 Å².